The summed E-state index contributed by atoms with van der Waals surface area (Å²) in [5.74, 6) is -0.945. The molecule has 0 saturated carbocycles. The Labute approximate surface area is 173 Å². The van der Waals surface area contributed by atoms with Crippen LogP contribution in [0.1, 0.15) is 16.1 Å². The van der Waals surface area contributed by atoms with Crippen molar-refractivity contribution in [3.63, 3.8) is 0 Å². The second-order valence-corrected chi connectivity index (χ2v) is 9.62. The Kier molecular flexibility index (Phi) is 6.66. The van der Waals surface area contributed by atoms with Crippen LogP contribution in [0.25, 0.3) is 0 Å². The number of likely N-dealkylation sites (N-methyl/N-ethyl adjacent to an activating group) is 1. The number of halogens is 1. The maximum atomic E-state index is 13.1. The second-order valence-electron chi connectivity index (χ2n) is 6.73. The summed E-state index contributed by atoms with van der Waals surface area (Å²) in [6.45, 7) is 0.999. The Bertz CT molecular complexity index is 962. The molecular formula is C19H22FN3O4S2. The van der Waals surface area contributed by atoms with Gasteiger partial charge in [0, 0.05) is 33.2 Å². The number of hydrogen-bond donors (Lipinski definition) is 0. The van der Waals surface area contributed by atoms with Crippen LogP contribution in [0, 0.1) is 5.82 Å². The van der Waals surface area contributed by atoms with Gasteiger partial charge in [0.25, 0.3) is 5.91 Å². The molecule has 156 valence electrons. The highest BCUT2D eigenvalue weighted by Gasteiger charge is 2.29. The van der Waals surface area contributed by atoms with Gasteiger partial charge in [-0.05, 0) is 42.1 Å². The smallest absolute Gasteiger partial charge is 0.264 e. The van der Waals surface area contributed by atoms with Gasteiger partial charge in [-0.15, -0.1) is 11.3 Å². The predicted molar refractivity (Wildman–Crippen MR) is 108 cm³/mol. The molecule has 1 aliphatic rings. The van der Waals surface area contributed by atoms with Crippen molar-refractivity contribution < 1.29 is 22.4 Å². The lowest BCUT2D eigenvalue weighted by Crippen LogP contribution is -2.43. The van der Waals surface area contributed by atoms with Gasteiger partial charge in [0.15, 0.2) is 0 Å². The number of benzene rings is 1. The number of rotatable bonds is 5. The maximum Gasteiger partial charge on any atom is 0.264 e. The van der Waals surface area contributed by atoms with Crippen LogP contribution in [0.4, 0.5) is 4.39 Å². The average Bonchev–Trinajstić information content (AvgIpc) is 3.11. The van der Waals surface area contributed by atoms with Crippen LogP contribution in [-0.4, -0.2) is 74.1 Å². The quantitative estimate of drug-likeness (QED) is 0.713. The number of amides is 2. The fourth-order valence-corrected chi connectivity index (χ4v) is 5.29. The molecule has 0 unspecified atom stereocenters. The number of thiophene rings is 1. The molecular weight excluding hydrogens is 417 g/mol. The molecule has 1 aliphatic heterocycles. The van der Waals surface area contributed by atoms with Gasteiger partial charge in [0.05, 0.1) is 16.3 Å². The van der Waals surface area contributed by atoms with E-state index in [0.717, 1.165) is 12.1 Å². The molecule has 2 heterocycles. The third-order valence-corrected chi connectivity index (χ3v) is 7.48. The van der Waals surface area contributed by atoms with E-state index in [0.29, 0.717) is 17.8 Å². The normalized spacial score (nSPS) is 15.7. The number of nitrogens with zero attached hydrogens (tertiary/aromatic N) is 3. The van der Waals surface area contributed by atoms with E-state index in [1.165, 1.54) is 32.7 Å². The third kappa shape index (κ3) is 5.01. The molecule has 0 radical (unpaired) electrons. The predicted octanol–water partition coefficient (Wildman–Crippen LogP) is 1.88. The first-order chi connectivity index (χ1) is 13.8. The van der Waals surface area contributed by atoms with Crippen LogP contribution in [0.15, 0.2) is 46.7 Å². The summed E-state index contributed by atoms with van der Waals surface area (Å²) in [6, 6.07) is 8.19. The first-order valence-electron chi connectivity index (χ1n) is 9.11. The molecule has 3 rings (SSSR count). The summed E-state index contributed by atoms with van der Waals surface area (Å²) < 4.78 is 40.0. The third-order valence-electron chi connectivity index (χ3n) is 4.71. The Morgan fingerprint density at radius 1 is 1.10 bits per heavy atom. The summed E-state index contributed by atoms with van der Waals surface area (Å²) in [4.78, 5) is 28.5. The summed E-state index contributed by atoms with van der Waals surface area (Å²) in [7, 11) is -2.18. The Morgan fingerprint density at radius 2 is 1.83 bits per heavy atom. The largest absolute Gasteiger partial charge is 0.340 e. The highest BCUT2D eigenvalue weighted by atomic mass is 32.2. The Balaban J connectivity index is 1.61. The lowest BCUT2D eigenvalue weighted by atomic mass is 10.3. The highest BCUT2D eigenvalue weighted by Crippen LogP contribution is 2.18. The standard InChI is InChI=1S/C19H22FN3O4S2/c1-21(19(25)17-4-2-13-28-17)14-18(24)22-9-3-10-23(12-11-22)29(26,27)16-7-5-15(20)6-8-16/h2,4-8,13H,3,9-12,14H2,1H3. The molecule has 1 aromatic carbocycles. The highest BCUT2D eigenvalue weighted by molar-refractivity contribution is 7.89. The van der Waals surface area contributed by atoms with E-state index in [1.54, 1.807) is 29.5 Å². The van der Waals surface area contributed by atoms with Crippen LogP contribution in [0.3, 0.4) is 0 Å². The number of hydrogen-bond acceptors (Lipinski definition) is 5. The molecule has 1 fully saturated rings. The zero-order valence-corrected chi connectivity index (χ0v) is 17.6. The first-order valence-corrected chi connectivity index (χ1v) is 11.4. The summed E-state index contributed by atoms with van der Waals surface area (Å²) >= 11 is 1.31. The van der Waals surface area contributed by atoms with Crippen molar-refractivity contribution >= 4 is 33.2 Å². The zero-order valence-electron chi connectivity index (χ0n) is 16.0. The van der Waals surface area contributed by atoms with Gasteiger partial charge in [0.1, 0.15) is 5.82 Å². The molecule has 10 heteroatoms. The summed E-state index contributed by atoms with van der Waals surface area (Å²) in [5, 5.41) is 1.80. The van der Waals surface area contributed by atoms with Gasteiger partial charge >= 0.3 is 0 Å². The number of sulfonamides is 1. The maximum absolute atomic E-state index is 13.1. The van der Waals surface area contributed by atoms with Gasteiger partial charge in [0.2, 0.25) is 15.9 Å². The monoisotopic (exact) mass is 439 g/mol. The fraction of sp³-hybridized carbons (Fsp3) is 0.368. The first kappa shape index (κ1) is 21.4. The van der Waals surface area contributed by atoms with E-state index in [9.17, 15) is 22.4 Å². The lowest BCUT2D eigenvalue weighted by Gasteiger charge is -2.24. The molecule has 0 spiro atoms. The van der Waals surface area contributed by atoms with Crippen LogP contribution < -0.4 is 0 Å². The molecule has 2 aromatic rings. The minimum absolute atomic E-state index is 0.0277. The van der Waals surface area contributed by atoms with E-state index >= 15 is 0 Å². The van der Waals surface area contributed by atoms with Crippen LogP contribution in [0.5, 0.6) is 0 Å². The molecule has 0 N–H and O–H groups in total. The van der Waals surface area contributed by atoms with Crippen molar-refractivity contribution in [1.82, 2.24) is 14.1 Å². The van der Waals surface area contributed by atoms with Crippen molar-refractivity contribution in [3.8, 4) is 0 Å². The Morgan fingerprint density at radius 3 is 2.48 bits per heavy atom. The zero-order chi connectivity index (χ0) is 21.0. The summed E-state index contributed by atoms with van der Waals surface area (Å²) in [5.41, 5.74) is 0. The number of carbonyl (C=O) groups is 2. The topological polar surface area (TPSA) is 78.0 Å². The Hall–Kier alpha value is -2.30. The van der Waals surface area contributed by atoms with Crippen molar-refractivity contribution in [2.24, 2.45) is 0 Å². The van der Waals surface area contributed by atoms with Crippen molar-refractivity contribution in [1.29, 1.82) is 0 Å². The summed E-state index contributed by atoms with van der Waals surface area (Å²) in [6.07, 6.45) is 0.481. The van der Waals surface area contributed by atoms with E-state index in [-0.39, 0.29) is 42.9 Å². The van der Waals surface area contributed by atoms with Gasteiger partial charge < -0.3 is 9.80 Å². The van der Waals surface area contributed by atoms with Gasteiger partial charge in [-0.1, -0.05) is 6.07 Å². The van der Waals surface area contributed by atoms with E-state index in [1.807, 2.05) is 0 Å². The molecule has 29 heavy (non-hydrogen) atoms. The minimum Gasteiger partial charge on any atom is -0.340 e. The average molecular weight is 440 g/mol. The van der Waals surface area contributed by atoms with E-state index in [4.69, 9.17) is 0 Å². The van der Waals surface area contributed by atoms with Crippen molar-refractivity contribution in [2.75, 3.05) is 39.8 Å². The van der Waals surface area contributed by atoms with Crippen LogP contribution >= 0.6 is 11.3 Å². The van der Waals surface area contributed by atoms with Crippen molar-refractivity contribution in [3.05, 3.63) is 52.5 Å². The van der Waals surface area contributed by atoms with Gasteiger partial charge in [-0.2, -0.15) is 4.31 Å². The van der Waals surface area contributed by atoms with Gasteiger partial charge in [-0.25, -0.2) is 12.8 Å². The lowest BCUT2D eigenvalue weighted by molar-refractivity contribution is -0.131. The van der Waals surface area contributed by atoms with Gasteiger partial charge in [-0.3, -0.25) is 9.59 Å². The molecule has 1 saturated heterocycles. The fourth-order valence-electron chi connectivity index (χ4n) is 3.10. The molecule has 7 nitrogen and oxygen atoms in total. The number of carbonyl (C=O) groups excluding carboxylic acids is 2. The second kappa shape index (κ2) is 9.02. The molecule has 0 atom stereocenters. The molecule has 1 aromatic heterocycles. The molecule has 2 amide bonds. The molecule has 0 aliphatic carbocycles. The minimum atomic E-state index is -3.75. The molecule has 0 bridgehead atoms. The van der Waals surface area contributed by atoms with E-state index < -0.39 is 15.8 Å². The van der Waals surface area contributed by atoms with Crippen LogP contribution in [0.2, 0.25) is 0 Å². The van der Waals surface area contributed by atoms with Crippen LogP contribution in [-0.2, 0) is 14.8 Å². The SMILES string of the molecule is CN(CC(=O)N1CCCN(S(=O)(=O)c2ccc(F)cc2)CC1)C(=O)c1cccs1. The van der Waals surface area contributed by atoms with E-state index in [2.05, 4.69) is 0 Å². The van der Waals surface area contributed by atoms with Crippen molar-refractivity contribution in [2.45, 2.75) is 11.3 Å².